The van der Waals surface area contributed by atoms with Crippen LogP contribution in [0.2, 0.25) is 0 Å². The zero-order chi connectivity index (χ0) is 22.5. The van der Waals surface area contributed by atoms with Gasteiger partial charge in [0, 0.05) is 41.9 Å². The number of carbonyl (C=O) groups is 1. The van der Waals surface area contributed by atoms with Crippen LogP contribution in [0.1, 0.15) is 17.0 Å². The lowest BCUT2D eigenvalue weighted by Crippen LogP contribution is -2.31. The highest BCUT2D eigenvalue weighted by Crippen LogP contribution is 2.24. The van der Waals surface area contributed by atoms with E-state index in [1.54, 1.807) is 23.7 Å². The van der Waals surface area contributed by atoms with Crippen LogP contribution in [0.3, 0.4) is 0 Å². The first-order valence-electron chi connectivity index (χ1n) is 10.8. The molecule has 0 atom stereocenters. The number of carbonyl (C=O) groups excluding carboxylic acids is 1. The third-order valence-corrected chi connectivity index (χ3v) is 6.34. The van der Waals surface area contributed by atoms with E-state index in [9.17, 15) is 4.79 Å². The first-order valence-corrected chi connectivity index (χ1v) is 11.7. The predicted octanol–water partition coefficient (Wildman–Crippen LogP) is 5.94. The van der Waals surface area contributed by atoms with Gasteiger partial charge in [0.15, 0.2) is 4.96 Å². The highest BCUT2D eigenvalue weighted by Gasteiger charge is 2.15. The Hall–Kier alpha value is -3.90. The van der Waals surface area contributed by atoms with Crippen molar-refractivity contribution in [2.24, 2.45) is 0 Å². The monoisotopic (exact) mass is 453 g/mol. The van der Waals surface area contributed by atoms with Crippen LogP contribution < -0.4 is 0 Å². The van der Waals surface area contributed by atoms with Crippen molar-refractivity contribution < 1.29 is 9.21 Å². The minimum atomic E-state index is -0.0441. The molecule has 164 valence electrons. The Morgan fingerprint density at radius 1 is 1.03 bits per heavy atom. The molecular weight excluding hydrogens is 430 g/mol. The minimum Gasteiger partial charge on any atom is -0.467 e. The van der Waals surface area contributed by atoms with Gasteiger partial charge < -0.3 is 9.32 Å². The summed E-state index contributed by atoms with van der Waals surface area (Å²) in [5, 5.41) is 2.12. The van der Waals surface area contributed by atoms with Gasteiger partial charge >= 0.3 is 0 Å². The fourth-order valence-corrected chi connectivity index (χ4v) is 4.61. The maximum absolute atomic E-state index is 13.0. The average Bonchev–Trinajstić information content (AvgIpc) is 3.60. The van der Waals surface area contributed by atoms with Crippen LogP contribution in [0, 0.1) is 0 Å². The fraction of sp³-hybridized carbons (Fsp3) is 0.111. The molecule has 0 spiro atoms. The lowest BCUT2D eigenvalue weighted by molar-refractivity contribution is -0.126. The van der Waals surface area contributed by atoms with E-state index in [0.717, 1.165) is 39.7 Å². The number of benzene rings is 2. The first kappa shape index (κ1) is 21.0. The summed E-state index contributed by atoms with van der Waals surface area (Å²) in [4.78, 5) is 20.6. The molecule has 5 aromatic rings. The van der Waals surface area contributed by atoms with Crippen LogP contribution in [0.5, 0.6) is 0 Å². The molecule has 0 N–H and O–H groups in total. The van der Waals surface area contributed by atoms with E-state index in [2.05, 4.69) is 28.1 Å². The van der Waals surface area contributed by atoms with Gasteiger partial charge in [-0.05, 0) is 23.8 Å². The van der Waals surface area contributed by atoms with Crippen LogP contribution >= 0.6 is 11.3 Å². The number of thiazole rings is 1. The summed E-state index contributed by atoms with van der Waals surface area (Å²) < 4.78 is 7.63. The third-order valence-electron chi connectivity index (χ3n) is 5.45. The molecule has 0 aliphatic heterocycles. The topological polar surface area (TPSA) is 50.8 Å². The second-order valence-corrected chi connectivity index (χ2v) is 8.54. The number of amides is 1. The summed E-state index contributed by atoms with van der Waals surface area (Å²) in [5.74, 6) is 0.721. The lowest BCUT2D eigenvalue weighted by Gasteiger charge is -2.20. The number of hydrogen-bond donors (Lipinski definition) is 0. The van der Waals surface area contributed by atoms with E-state index >= 15 is 0 Å². The molecule has 5 rings (SSSR count). The predicted molar refractivity (Wildman–Crippen MR) is 132 cm³/mol. The number of rotatable bonds is 8. The second kappa shape index (κ2) is 9.71. The Labute approximate surface area is 196 Å². The van der Waals surface area contributed by atoms with Gasteiger partial charge in [0.2, 0.25) is 5.91 Å². The molecule has 6 heteroatoms. The Bertz CT molecular complexity index is 1350. The molecule has 2 aromatic carbocycles. The summed E-state index contributed by atoms with van der Waals surface area (Å²) in [7, 11) is 0. The van der Waals surface area contributed by atoms with Crippen molar-refractivity contribution in [3.05, 3.63) is 114 Å². The highest BCUT2D eigenvalue weighted by atomic mass is 32.1. The molecule has 0 radical (unpaired) electrons. The van der Waals surface area contributed by atoms with Gasteiger partial charge in [-0.1, -0.05) is 60.7 Å². The Kier molecular flexibility index (Phi) is 6.17. The SMILES string of the molecule is O=C(C=Cc1ccccc1)N(CCc1csc2nc(-c3ccccc3)cn12)Cc1ccco1. The van der Waals surface area contributed by atoms with Crippen molar-refractivity contribution >= 4 is 28.3 Å². The number of furan rings is 1. The molecule has 0 aliphatic rings. The maximum Gasteiger partial charge on any atom is 0.246 e. The molecule has 0 aliphatic carbocycles. The van der Waals surface area contributed by atoms with Crippen LogP contribution in [-0.4, -0.2) is 26.7 Å². The van der Waals surface area contributed by atoms with Crippen molar-refractivity contribution in [3.63, 3.8) is 0 Å². The van der Waals surface area contributed by atoms with Gasteiger partial charge in [-0.2, -0.15) is 0 Å². The van der Waals surface area contributed by atoms with Crippen molar-refractivity contribution in [1.82, 2.24) is 14.3 Å². The maximum atomic E-state index is 13.0. The van der Waals surface area contributed by atoms with Crippen LogP contribution in [0.4, 0.5) is 0 Å². The number of hydrogen-bond acceptors (Lipinski definition) is 4. The normalized spacial score (nSPS) is 11.4. The fourth-order valence-electron chi connectivity index (χ4n) is 3.70. The van der Waals surface area contributed by atoms with Crippen LogP contribution in [-0.2, 0) is 17.8 Å². The first-order chi connectivity index (χ1) is 16.3. The number of nitrogens with zero attached hydrogens (tertiary/aromatic N) is 3. The van der Waals surface area contributed by atoms with Crippen molar-refractivity contribution in [2.75, 3.05) is 6.54 Å². The Balaban J connectivity index is 1.33. The van der Waals surface area contributed by atoms with E-state index in [1.165, 1.54) is 0 Å². The molecule has 0 unspecified atom stereocenters. The van der Waals surface area contributed by atoms with E-state index in [0.29, 0.717) is 13.1 Å². The van der Waals surface area contributed by atoms with Gasteiger partial charge in [-0.3, -0.25) is 9.20 Å². The van der Waals surface area contributed by atoms with Crippen molar-refractivity contribution in [3.8, 4) is 11.3 Å². The van der Waals surface area contributed by atoms with Crippen molar-refractivity contribution in [2.45, 2.75) is 13.0 Å². The Morgan fingerprint density at radius 3 is 2.58 bits per heavy atom. The summed E-state index contributed by atoms with van der Waals surface area (Å²) >= 11 is 1.62. The largest absolute Gasteiger partial charge is 0.467 e. The summed E-state index contributed by atoms with van der Waals surface area (Å²) in [5.41, 5.74) is 4.18. The molecule has 0 fully saturated rings. The molecule has 0 saturated carbocycles. The van der Waals surface area contributed by atoms with E-state index in [1.807, 2.05) is 71.6 Å². The Morgan fingerprint density at radius 2 is 1.82 bits per heavy atom. The summed E-state index contributed by atoms with van der Waals surface area (Å²) in [6, 6.07) is 23.7. The van der Waals surface area contributed by atoms with Gasteiger partial charge in [-0.25, -0.2) is 4.98 Å². The molecule has 5 nitrogen and oxygen atoms in total. The zero-order valence-corrected chi connectivity index (χ0v) is 18.8. The number of imidazole rings is 1. The summed E-state index contributed by atoms with van der Waals surface area (Å²) in [6.07, 6.45) is 7.91. The molecular formula is C27H23N3O2S. The van der Waals surface area contributed by atoms with Crippen molar-refractivity contribution in [1.29, 1.82) is 0 Å². The molecule has 33 heavy (non-hydrogen) atoms. The average molecular weight is 454 g/mol. The standard InChI is InChI=1S/C27H23N3O2S/c31-26(14-13-21-8-3-1-4-9-21)29(18-24-12-7-17-32-24)16-15-23-20-33-27-28-25(19-30(23)27)22-10-5-2-6-11-22/h1-14,17,19-20H,15-16,18H2. The van der Waals surface area contributed by atoms with Crippen LogP contribution in [0.15, 0.2) is 101 Å². The number of fused-ring (bicyclic) bond motifs is 1. The van der Waals surface area contributed by atoms with Gasteiger partial charge in [-0.15, -0.1) is 11.3 Å². The third kappa shape index (κ3) is 4.96. The minimum absolute atomic E-state index is 0.0441. The number of aromatic nitrogens is 2. The summed E-state index contributed by atoms with van der Waals surface area (Å²) in [6.45, 7) is 1.00. The zero-order valence-electron chi connectivity index (χ0n) is 18.0. The van der Waals surface area contributed by atoms with E-state index in [-0.39, 0.29) is 5.91 Å². The van der Waals surface area contributed by atoms with Gasteiger partial charge in [0.05, 0.1) is 18.5 Å². The van der Waals surface area contributed by atoms with E-state index in [4.69, 9.17) is 9.40 Å². The van der Waals surface area contributed by atoms with Gasteiger partial charge in [0.1, 0.15) is 5.76 Å². The molecule has 0 bridgehead atoms. The quantitative estimate of drug-likeness (QED) is 0.273. The molecule has 3 aromatic heterocycles. The molecule has 3 heterocycles. The van der Waals surface area contributed by atoms with Gasteiger partial charge in [0.25, 0.3) is 0 Å². The second-order valence-electron chi connectivity index (χ2n) is 7.70. The molecule has 1 amide bonds. The van der Waals surface area contributed by atoms with Crippen LogP contribution in [0.25, 0.3) is 22.3 Å². The van der Waals surface area contributed by atoms with E-state index < -0.39 is 0 Å². The lowest BCUT2D eigenvalue weighted by atomic mass is 10.2. The smallest absolute Gasteiger partial charge is 0.246 e. The highest BCUT2D eigenvalue weighted by molar-refractivity contribution is 7.15. The molecule has 0 saturated heterocycles.